The second-order valence-corrected chi connectivity index (χ2v) is 4.79. The molecule has 0 saturated heterocycles. The Balaban J connectivity index is 3.26. The zero-order valence-electron chi connectivity index (χ0n) is 12.0. The van der Waals surface area contributed by atoms with Crippen LogP contribution >= 0.6 is 0 Å². The molecule has 2 aromatic carbocycles. The van der Waals surface area contributed by atoms with E-state index in [0.717, 1.165) is 18.2 Å². The van der Waals surface area contributed by atoms with Crippen LogP contribution in [0.5, 0.6) is 0 Å². The molecule has 0 aromatic heterocycles. The zero-order chi connectivity index (χ0) is 19.0. The average Bonchev–Trinajstić information content (AvgIpc) is 2.50. The Bertz CT molecular complexity index is 986. The molecule has 5 N–H and O–H groups in total. The molecule has 0 radical (unpaired) electrons. The van der Waals surface area contributed by atoms with Gasteiger partial charge in [-0.3, -0.25) is 0 Å². The first-order valence-electron chi connectivity index (χ1n) is 6.38. The number of benzene rings is 2. The van der Waals surface area contributed by atoms with E-state index >= 15 is 0 Å². The van der Waals surface area contributed by atoms with Gasteiger partial charge in [0.25, 0.3) is 0 Å². The van der Waals surface area contributed by atoms with Crippen LogP contribution < -0.4 is 0 Å². The highest BCUT2D eigenvalue weighted by molar-refractivity contribution is 6.22. The monoisotopic (exact) mass is 348 g/mol. The topological polar surface area (TPSA) is 186 Å². The number of hydrogen-bond donors (Lipinski definition) is 5. The van der Waals surface area contributed by atoms with E-state index in [4.69, 9.17) is 10.2 Å². The molecule has 0 spiro atoms. The lowest BCUT2D eigenvalue weighted by atomic mass is 9.89. The summed E-state index contributed by atoms with van der Waals surface area (Å²) in [6, 6.07) is 2.66. The maximum atomic E-state index is 11.6. The van der Waals surface area contributed by atoms with Crippen molar-refractivity contribution in [2.24, 2.45) is 0 Å². The van der Waals surface area contributed by atoms with Crippen molar-refractivity contribution in [3.63, 3.8) is 0 Å². The first-order valence-corrected chi connectivity index (χ1v) is 6.38. The minimum absolute atomic E-state index is 0.234. The van der Waals surface area contributed by atoms with E-state index in [1.165, 1.54) is 0 Å². The van der Waals surface area contributed by atoms with Gasteiger partial charge in [-0.1, -0.05) is 6.07 Å². The molecule has 0 saturated carbocycles. The Kier molecular flexibility index (Phi) is 4.12. The maximum absolute atomic E-state index is 11.6. The van der Waals surface area contributed by atoms with Gasteiger partial charge in [-0.15, -0.1) is 0 Å². The fourth-order valence-electron chi connectivity index (χ4n) is 2.50. The quantitative estimate of drug-likeness (QED) is 0.527. The van der Waals surface area contributed by atoms with E-state index in [9.17, 15) is 39.3 Å². The number of aromatic carboxylic acids is 5. The van der Waals surface area contributed by atoms with Crippen LogP contribution in [0.2, 0.25) is 0 Å². The molecule has 10 nitrogen and oxygen atoms in total. The number of carboxylic acid groups (broad SMARTS) is 5. The van der Waals surface area contributed by atoms with E-state index in [1.807, 2.05) is 0 Å². The molecule has 0 aliphatic heterocycles. The summed E-state index contributed by atoms with van der Waals surface area (Å²) in [5.41, 5.74) is -4.82. The fraction of sp³-hybridized carbons (Fsp3) is 0. The molecule has 0 bridgehead atoms. The molecule has 0 atom stereocenters. The maximum Gasteiger partial charge on any atom is 0.337 e. The highest BCUT2D eigenvalue weighted by atomic mass is 16.4. The third kappa shape index (κ3) is 2.72. The third-order valence-corrected chi connectivity index (χ3v) is 3.41. The number of carbonyl (C=O) groups is 5. The number of hydrogen-bond acceptors (Lipinski definition) is 5. The van der Waals surface area contributed by atoms with Crippen LogP contribution in [0.1, 0.15) is 51.8 Å². The van der Waals surface area contributed by atoms with E-state index in [0.29, 0.717) is 0 Å². The van der Waals surface area contributed by atoms with Crippen molar-refractivity contribution in [3.8, 4) is 0 Å². The Labute approximate surface area is 137 Å². The molecular formula is C15H8O10. The van der Waals surface area contributed by atoms with Crippen molar-refractivity contribution in [2.75, 3.05) is 0 Å². The van der Waals surface area contributed by atoms with E-state index in [2.05, 4.69) is 0 Å². The molecule has 0 aliphatic carbocycles. The Morgan fingerprint density at radius 3 is 1.44 bits per heavy atom. The van der Waals surface area contributed by atoms with E-state index < -0.39 is 63.1 Å². The smallest absolute Gasteiger partial charge is 0.337 e. The van der Waals surface area contributed by atoms with Crippen LogP contribution in [-0.4, -0.2) is 55.4 Å². The standard InChI is InChI=1S/C15H8O10/c16-11(17)5-2-1-4-3-6(12(18)19)9(14(22)23)10(15(24)25)7(4)8(5)13(20)21/h1-3H,(H,16,17)(H,18,19)(H,20,21)(H,22,23)(H,24,25). The SMILES string of the molecule is O=C(O)c1cc2ccc(C(=O)O)c(C(=O)O)c2c(C(=O)O)c1C(=O)O. The van der Waals surface area contributed by atoms with Crippen molar-refractivity contribution in [1.29, 1.82) is 0 Å². The van der Waals surface area contributed by atoms with Crippen molar-refractivity contribution in [2.45, 2.75) is 0 Å². The van der Waals surface area contributed by atoms with Crippen molar-refractivity contribution < 1.29 is 49.5 Å². The third-order valence-electron chi connectivity index (χ3n) is 3.41. The molecule has 0 amide bonds. The van der Waals surface area contributed by atoms with Gasteiger partial charge in [0.1, 0.15) is 0 Å². The van der Waals surface area contributed by atoms with Gasteiger partial charge in [-0.05, 0) is 17.5 Å². The summed E-state index contributed by atoms with van der Waals surface area (Å²) in [5, 5.41) is 45.2. The first kappa shape index (κ1) is 17.4. The molecule has 0 unspecified atom stereocenters. The minimum atomic E-state index is -1.91. The van der Waals surface area contributed by atoms with Gasteiger partial charge in [0.15, 0.2) is 0 Å². The second kappa shape index (κ2) is 5.92. The molecule has 10 heteroatoms. The predicted molar refractivity (Wildman–Crippen MR) is 78.7 cm³/mol. The number of carboxylic acids is 5. The van der Waals surface area contributed by atoms with Gasteiger partial charge in [0.05, 0.1) is 27.8 Å². The van der Waals surface area contributed by atoms with Crippen LogP contribution in [0.4, 0.5) is 0 Å². The van der Waals surface area contributed by atoms with Crippen molar-refractivity contribution in [3.05, 3.63) is 46.0 Å². The van der Waals surface area contributed by atoms with E-state index in [-0.39, 0.29) is 5.39 Å². The van der Waals surface area contributed by atoms with Crippen LogP contribution in [0.3, 0.4) is 0 Å². The average molecular weight is 348 g/mol. The van der Waals surface area contributed by atoms with Gasteiger partial charge < -0.3 is 25.5 Å². The van der Waals surface area contributed by atoms with Crippen LogP contribution in [0, 0.1) is 0 Å². The highest BCUT2D eigenvalue weighted by Gasteiger charge is 2.31. The molecule has 0 aliphatic rings. The lowest BCUT2D eigenvalue weighted by Crippen LogP contribution is -2.18. The minimum Gasteiger partial charge on any atom is -0.478 e. The lowest BCUT2D eigenvalue weighted by Gasteiger charge is -2.14. The second-order valence-electron chi connectivity index (χ2n) is 4.79. The summed E-state index contributed by atoms with van der Waals surface area (Å²) in [5.74, 6) is -9.02. The molecule has 0 heterocycles. The Morgan fingerprint density at radius 2 is 1.04 bits per heavy atom. The van der Waals surface area contributed by atoms with Crippen molar-refractivity contribution in [1.82, 2.24) is 0 Å². The summed E-state index contributed by atoms with van der Waals surface area (Å²) >= 11 is 0. The van der Waals surface area contributed by atoms with Gasteiger partial charge >= 0.3 is 29.8 Å². The predicted octanol–water partition coefficient (Wildman–Crippen LogP) is 1.33. The molecule has 2 rings (SSSR count). The summed E-state index contributed by atoms with van der Waals surface area (Å²) in [6.45, 7) is 0. The van der Waals surface area contributed by atoms with Crippen LogP contribution in [-0.2, 0) is 0 Å². The normalized spacial score (nSPS) is 10.4. The lowest BCUT2D eigenvalue weighted by molar-refractivity contribution is 0.0633. The Morgan fingerprint density at radius 1 is 0.560 bits per heavy atom. The number of fused-ring (bicyclic) bond motifs is 1. The van der Waals surface area contributed by atoms with Crippen molar-refractivity contribution >= 4 is 40.6 Å². The summed E-state index contributed by atoms with van der Waals surface area (Å²) in [7, 11) is 0. The van der Waals surface area contributed by atoms with Crippen LogP contribution in [0.25, 0.3) is 10.8 Å². The summed E-state index contributed by atoms with van der Waals surface area (Å²) in [4.78, 5) is 57.0. The number of rotatable bonds is 5. The fourth-order valence-corrected chi connectivity index (χ4v) is 2.50. The molecule has 0 fully saturated rings. The zero-order valence-corrected chi connectivity index (χ0v) is 12.0. The van der Waals surface area contributed by atoms with E-state index in [1.54, 1.807) is 0 Å². The van der Waals surface area contributed by atoms with Gasteiger partial charge in [0.2, 0.25) is 0 Å². The molecule has 2 aromatic rings. The van der Waals surface area contributed by atoms with Gasteiger partial charge in [-0.25, -0.2) is 24.0 Å². The molecule has 25 heavy (non-hydrogen) atoms. The van der Waals surface area contributed by atoms with Gasteiger partial charge in [0, 0.05) is 5.39 Å². The summed E-state index contributed by atoms with van der Waals surface area (Å²) in [6.07, 6.45) is 0. The molecule has 128 valence electrons. The Hall–Kier alpha value is -3.95. The molecular weight excluding hydrogens is 340 g/mol. The van der Waals surface area contributed by atoms with Crippen LogP contribution in [0.15, 0.2) is 18.2 Å². The largest absolute Gasteiger partial charge is 0.478 e. The highest BCUT2D eigenvalue weighted by Crippen LogP contribution is 2.31. The van der Waals surface area contributed by atoms with Gasteiger partial charge in [-0.2, -0.15) is 0 Å². The first-order chi connectivity index (χ1) is 11.6. The summed E-state index contributed by atoms with van der Waals surface area (Å²) < 4.78 is 0.